The number of hydrogen-bond acceptors (Lipinski definition) is 10. The van der Waals surface area contributed by atoms with Crippen LogP contribution < -0.4 is 19.6 Å². The lowest BCUT2D eigenvalue weighted by Crippen LogP contribution is -2.40. The molecule has 1 aliphatic rings. The highest BCUT2D eigenvalue weighted by Crippen LogP contribution is 2.36. The zero-order valence-corrected chi connectivity index (χ0v) is 25.7. The number of carbonyl (C=O) groups is 1. The molecule has 0 saturated heterocycles. The summed E-state index contributed by atoms with van der Waals surface area (Å²) in [5.74, 6) is 0.719. The number of allylic oxidation sites excluding steroid dienone is 1. The third-order valence-corrected chi connectivity index (χ3v) is 7.91. The molecule has 0 saturated carbocycles. The van der Waals surface area contributed by atoms with E-state index in [0.29, 0.717) is 49.0 Å². The monoisotopic (exact) mass is 617 g/mol. The van der Waals surface area contributed by atoms with Crippen LogP contribution in [-0.4, -0.2) is 41.9 Å². The van der Waals surface area contributed by atoms with Crippen LogP contribution in [0, 0.1) is 17.0 Å². The SMILES string of the molecule is COCCOC(=O)C1=C(C)N=c2s/c(=C/c3ccc(-c4ccc(C)c([N+](=O)[O-])c4)o3)c(=O)n2[C@@H]1c1ccccc1OC(C)C. The van der Waals surface area contributed by atoms with E-state index in [0.717, 1.165) is 11.3 Å². The molecule has 0 amide bonds. The Balaban J connectivity index is 1.62. The van der Waals surface area contributed by atoms with Crippen LogP contribution in [0.4, 0.5) is 5.69 Å². The summed E-state index contributed by atoms with van der Waals surface area (Å²) < 4.78 is 24.4. The minimum absolute atomic E-state index is 0.0117. The minimum atomic E-state index is -0.862. The number of furan rings is 1. The highest BCUT2D eigenvalue weighted by molar-refractivity contribution is 7.07. The summed E-state index contributed by atoms with van der Waals surface area (Å²) >= 11 is 1.16. The van der Waals surface area contributed by atoms with E-state index in [1.54, 1.807) is 50.3 Å². The van der Waals surface area contributed by atoms with E-state index in [1.165, 1.54) is 17.7 Å². The summed E-state index contributed by atoms with van der Waals surface area (Å²) in [6, 6.07) is 14.6. The molecule has 1 aliphatic heterocycles. The Morgan fingerprint density at radius 2 is 1.93 bits per heavy atom. The van der Waals surface area contributed by atoms with Crippen LogP contribution in [0.15, 0.2) is 80.1 Å². The molecule has 0 unspecified atom stereocenters. The summed E-state index contributed by atoms with van der Waals surface area (Å²) in [7, 11) is 1.51. The fraction of sp³-hybridized carbons (Fsp3) is 0.281. The predicted molar refractivity (Wildman–Crippen MR) is 164 cm³/mol. The van der Waals surface area contributed by atoms with Gasteiger partial charge in [-0.2, -0.15) is 0 Å². The van der Waals surface area contributed by atoms with Crippen molar-refractivity contribution in [1.82, 2.24) is 4.57 Å². The van der Waals surface area contributed by atoms with Crippen molar-refractivity contribution in [2.45, 2.75) is 39.8 Å². The number of carbonyl (C=O) groups excluding carboxylic acids is 1. The molecule has 0 spiro atoms. The fourth-order valence-electron chi connectivity index (χ4n) is 4.91. The van der Waals surface area contributed by atoms with Crippen molar-refractivity contribution >= 4 is 29.1 Å². The number of fused-ring (bicyclic) bond motifs is 1. The lowest BCUT2D eigenvalue weighted by molar-refractivity contribution is -0.385. The van der Waals surface area contributed by atoms with Gasteiger partial charge in [0.15, 0.2) is 4.80 Å². The number of methoxy groups -OCH3 is 1. The number of nitro groups is 1. The zero-order valence-electron chi connectivity index (χ0n) is 24.9. The summed E-state index contributed by atoms with van der Waals surface area (Å²) in [6.45, 7) is 7.44. The summed E-state index contributed by atoms with van der Waals surface area (Å²) in [5.41, 5.74) is 1.95. The number of para-hydroxylation sites is 1. The van der Waals surface area contributed by atoms with Gasteiger partial charge in [-0.3, -0.25) is 19.5 Å². The van der Waals surface area contributed by atoms with E-state index in [4.69, 9.17) is 18.6 Å². The molecular weight excluding hydrogens is 586 g/mol. The summed E-state index contributed by atoms with van der Waals surface area (Å²) in [6.07, 6.45) is 1.44. The average Bonchev–Trinajstić information content (AvgIpc) is 3.56. The molecule has 2 aromatic carbocycles. The van der Waals surface area contributed by atoms with Crippen LogP contribution in [0.3, 0.4) is 0 Å². The molecule has 1 atom stereocenters. The standard InChI is InChI=1S/C32H31N3O8S/c1-18(2)42-26-9-7-6-8-23(26)29-28(31(37)41-15-14-40-5)20(4)33-32-34(29)30(36)27(44-32)17-22-12-13-25(43-22)21-11-10-19(3)24(16-21)35(38)39/h6-13,16-18,29H,14-15H2,1-5H3/b27-17+/t29-/m1/s1. The van der Waals surface area contributed by atoms with Crippen LogP contribution in [-0.2, 0) is 14.3 Å². The second-order valence-electron chi connectivity index (χ2n) is 10.4. The number of ether oxygens (including phenoxy) is 3. The molecule has 12 heteroatoms. The highest BCUT2D eigenvalue weighted by atomic mass is 32.1. The molecule has 0 radical (unpaired) electrons. The van der Waals surface area contributed by atoms with Crippen LogP contribution in [0.25, 0.3) is 17.4 Å². The number of hydrogen-bond donors (Lipinski definition) is 0. The number of aromatic nitrogens is 1. The van der Waals surface area contributed by atoms with Gasteiger partial charge in [0.25, 0.3) is 11.2 Å². The van der Waals surface area contributed by atoms with Crippen LogP contribution in [0.5, 0.6) is 5.75 Å². The molecule has 0 N–H and O–H groups in total. The molecule has 3 heterocycles. The Kier molecular flexibility index (Phi) is 8.93. The molecule has 44 heavy (non-hydrogen) atoms. The van der Waals surface area contributed by atoms with Crippen LogP contribution >= 0.6 is 11.3 Å². The van der Waals surface area contributed by atoms with Crippen molar-refractivity contribution in [2.75, 3.05) is 20.3 Å². The molecule has 2 aromatic heterocycles. The van der Waals surface area contributed by atoms with Crippen molar-refractivity contribution in [2.24, 2.45) is 4.99 Å². The Morgan fingerprint density at radius 3 is 2.66 bits per heavy atom. The quantitative estimate of drug-likeness (QED) is 0.108. The zero-order chi connectivity index (χ0) is 31.5. The van der Waals surface area contributed by atoms with E-state index in [9.17, 15) is 19.7 Å². The lowest BCUT2D eigenvalue weighted by Gasteiger charge is -2.27. The molecule has 11 nitrogen and oxygen atoms in total. The topological polar surface area (TPSA) is 135 Å². The van der Waals surface area contributed by atoms with Crippen LogP contribution in [0.1, 0.15) is 43.7 Å². The molecule has 0 aliphatic carbocycles. The van der Waals surface area contributed by atoms with Crippen molar-refractivity contribution in [3.8, 4) is 17.1 Å². The Bertz CT molecular complexity index is 1950. The van der Waals surface area contributed by atoms with Gasteiger partial charge in [-0.25, -0.2) is 9.79 Å². The van der Waals surface area contributed by atoms with Gasteiger partial charge in [-0.1, -0.05) is 41.7 Å². The van der Waals surface area contributed by atoms with E-state index < -0.39 is 16.9 Å². The normalized spacial score (nSPS) is 14.9. The second kappa shape index (κ2) is 12.8. The smallest absolute Gasteiger partial charge is 0.338 e. The van der Waals surface area contributed by atoms with Crippen LogP contribution in [0.2, 0.25) is 0 Å². The number of aryl methyl sites for hydroxylation is 1. The second-order valence-corrected chi connectivity index (χ2v) is 11.4. The van der Waals surface area contributed by atoms with Crippen molar-refractivity contribution in [3.05, 3.63) is 113 Å². The molecule has 5 rings (SSSR count). The molecule has 4 aromatic rings. The number of rotatable bonds is 10. The van der Waals surface area contributed by atoms with Gasteiger partial charge in [-0.05, 0) is 45.9 Å². The maximum Gasteiger partial charge on any atom is 0.338 e. The number of thiazole rings is 1. The van der Waals surface area contributed by atoms with Crippen molar-refractivity contribution < 1.29 is 28.3 Å². The Labute approximate surface area is 256 Å². The van der Waals surface area contributed by atoms with Crippen molar-refractivity contribution in [3.63, 3.8) is 0 Å². The fourth-order valence-corrected chi connectivity index (χ4v) is 5.94. The molecule has 0 bridgehead atoms. The van der Waals surface area contributed by atoms with Gasteiger partial charge in [0, 0.05) is 35.9 Å². The van der Waals surface area contributed by atoms with Gasteiger partial charge >= 0.3 is 5.97 Å². The molecule has 228 valence electrons. The van der Waals surface area contributed by atoms with E-state index in [-0.39, 0.29) is 36.1 Å². The Morgan fingerprint density at radius 1 is 1.16 bits per heavy atom. The van der Waals surface area contributed by atoms with Gasteiger partial charge in [0.05, 0.1) is 33.4 Å². The first-order valence-corrected chi connectivity index (χ1v) is 14.7. The highest BCUT2D eigenvalue weighted by Gasteiger charge is 2.35. The molecule has 0 fully saturated rings. The largest absolute Gasteiger partial charge is 0.491 e. The third-order valence-electron chi connectivity index (χ3n) is 6.93. The van der Waals surface area contributed by atoms with E-state index >= 15 is 0 Å². The number of benzene rings is 2. The maximum absolute atomic E-state index is 14.0. The number of esters is 1. The molecular formula is C32H31N3O8S. The van der Waals surface area contributed by atoms with Gasteiger partial charge in [-0.15, -0.1) is 0 Å². The first-order valence-electron chi connectivity index (χ1n) is 13.9. The first-order chi connectivity index (χ1) is 21.1. The van der Waals surface area contributed by atoms with Gasteiger partial charge in [0.2, 0.25) is 0 Å². The number of nitrogens with zero attached hydrogens (tertiary/aromatic N) is 3. The summed E-state index contributed by atoms with van der Waals surface area (Å²) in [5, 5.41) is 11.4. The Hall–Kier alpha value is -4.81. The van der Waals surface area contributed by atoms with Crippen molar-refractivity contribution in [1.29, 1.82) is 0 Å². The van der Waals surface area contributed by atoms with E-state index in [1.807, 2.05) is 32.0 Å². The summed E-state index contributed by atoms with van der Waals surface area (Å²) in [4.78, 5) is 43.5. The first kappa shape index (κ1) is 30.6. The van der Waals surface area contributed by atoms with Gasteiger partial charge < -0.3 is 18.6 Å². The third kappa shape index (κ3) is 6.12. The maximum atomic E-state index is 14.0. The number of nitro benzene ring substituents is 1. The predicted octanol–water partition coefficient (Wildman–Crippen LogP) is 4.69. The van der Waals surface area contributed by atoms with E-state index in [2.05, 4.69) is 4.99 Å². The minimum Gasteiger partial charge on any atom is -0.491 e. The lowest BCUT2D eigenvalue weighted by atomic mass is 9.95. The van der Waals surface area contributed by atoms with Gasteiger partial charge in [0.1, 0.15) is 29.9 Å². The average molecular weight is 618 g/mol.